The molecule has 6 heteroatoms. The predicted octanol–water partition coefficient (Wildman–Crippen LogP) is 3.37. The van der Waals surface area contributed by atoms with E-state index in [1.807, 2.05) is 18.3 Å². The summed E-state index contributed by atoms with van der Waals surface area (Å²) in [6.07, 6.45) is 4.54. The molecule has 23 heavy (non-hydrogen) atoms. The molecule has 4 rings (SSSR count). The van der Waals surface area contributed by atoms with Crippen LogP contribution in [-0.2, 0) is 19.5 Å². The molecule has 4 heterocycles. The smallest absolute Gasteiger partial charge is 0.195 e. The number of thiazole rings is 1. The highest BCUT2D eigenvalue weighted by Gasteiger charge is 2.20. The van der Waals surface area contributed by atoms with Gasteiger partial charge >= 0.3 is 0 Å². The molecule has 0 aliphatic carbocycles. The van der Waals surface area contributed by atoms with E-state index in [9.17, 15) is 0 Å². The van der Waals surface area contributed by atoms with Crippen LogP contribution in [0.25, 0.3) is 11.6 Å². The van der Waals surface area contributed by atoms with E-state index in [1.54, 1.807) is 17.6 Å². The molecule has 0 fully saturated rings. The minimum Gasteiger partial charge on any atom is -0.461 e. The number of fused-ring (bicyclic) bond motifs is 1. The fourth-order valence-electron chi connectivity index (χ4n) is 2.96. The van der Waals surface area contributed by atoms with Crippen LogP contribution in [0.5, 0.6) is 0 Å². The number of rotatable bonds is 3. The minimum absolute atomic E-state index is 0.677. The standard InChI is InChI=1S/C17H18N4OS/c1-11-16(23-12(2)19-11)10-21-6-5-14-13(9-21)8-18-17(20-14)15-4-3-7-22-15/h3-4,7-8H,5-6,9-10H2,1-2H3. The molecule has 118 valence electrons. The Morgan fingerprint density at radius 1 is 1.30 bits per heavy atom. The summed E-state index contributed by atoms with van der Waals surface area (Å²) in [6.45, 7) is 7.02. The van der Waals surface area contributed by atoms with Crippen LogP contribution in [0.2, 0.25) is 0 Å². The highest BCUT2D eigenvalue weighted by molar-refractivity contribution is 7.11. The lowest BCUT2D eigenvalue weighted by molar-refractivity contribution is 0.244. The maximum absolute atomic E-state index is 5.39. The van der Waals surface area contributed by atoms with E-state index in [4.69, 9.17) is 4.42 Å². The summed E-state index contributed by atoms with van der Waals surface area (Å²) in [5.41, 5.74) is 3.51. The van der Waals surface area contributed by atoms with Crippen LogP contribution in [0.3, 0.4) is 0 Å². The Labute approximate surface area is 139 Å². The van der Waals surface area contributed by atoms with Crippen molar-refractivity contribution in [3.05, 3.63) is 51.4 Å². The average Bonchev–Trinajstić information content (AvgIpc) is 3.17. The van der Waals surface area contributed by atoms with Gasteiger partial charge in [0.05, 0.1) is 22.7 Å². The highest BCUT2D eigenvalue weighted by atomic mass is 32.1. The molecule has 0 spiro atoms. The Morgan fingerprint density at radius 2 is 2.22 bits per heavy atom. The van der Waals surface area contributed by atoms with Crippen molar-refractivity contribution in [1.82, 2.24) is 19.9 Å². The molecular formula is C17H18N4OS. The maximum atomic E-state index is 5.39. The van der Waals surface area contributed by atoms with Gasteiger partial charge in [0.2, 0.25) is 0 Å². The van der Waals surface area contributed by atoms with Crippen LogP contribution < -0.4 is 0 Å². The molecule has 0 saturated heterocycles. The van der Waals surface area contributed by atoms with Crippen LogP contribution in [0.15, 0.2) is 29.0 Å². The van der Waals surface area contributed by atoms with E-state index in [0.29, 0.717) is 5.82 Å². The van der Waals surface area contributed by atoms with E-state index in [0.717, 1.165) is 48.2 Å². The van der Waals surface area contributed by atoms with Crippen molar-refractivity contribution < 1.29 is 4.42 Å². The summed E-state index contributed by atoms with van der Waals surface area (Å²) < 4.78 is 5.39. The maximum Gasteiger partial charge on any atom is 0.195 e. The van der Waals surface area contributed by atoms with Gasteiger partial charge in [0.15, 0.2) is 11.6 Å². The summed E-state index contributed by atoms with van der Waals surface area (Å²) in [5, 5.41) is 1.14. The molecule has 3 aromatic heterocycles. The third-order valence-corrected chi connectivity index (χ3v) is 5.18. The fourth-order valence-corrected chi connectivity index (χ4v) is 3.94. The quantitative estimate of drug-likeness (QED) is 0.738. The average molecular weight is 326 g/mol. The van der Waals surface area contributed by atoms with Crippen molar-refractivity contribution in [2.45, 2.75) is 33.4 Å². The van der Waals surface area contributed by atoms with E-state index < -0.39 is 0 Å². The van der Waals surface area contributed by atoms with Crippen LogP contribution in [-0.4, -0.2) is 26.4 Å². The van der Waals surface area contributed by atoms with Crippen LogP contribution in [0.4, 0.5) is 0 Å². The van der Waals surface area contributed by atoms with Gasteiger partial charge in [-0.05, 0) is 26.0 Å². The highest BCUT2D eigenvalue weighted by Crippen LogP contribution is 2.25. The van der Waals surface area contributed by atoms with E-state index in [-0.39, 0.29) is 0 Å². The fraction of sp³-hybridized carbons (Fsp3) is 0.353. The Bertz CT molecular complexity index is 825. The van der Waals surface area contributed by atoms with Crippen molar-refractivity contribution >= 4 is 11.3 Å². The third kappa shape index (κ3) is 2.92. The van der Waals surface area contributed by atoms with Crippen molar-refractivity contribution in [3.63, 3.8) is 0 Å². The molecule has 3 aromatic rings. The second-order valence-corrected chi connectivity index (χ2v) is 7.13. The molecule has 0 amide bonds. The number of aromatic nitrogens is 3. The Hall–Kier alpha value is -2.05. The molecule has 0 unspecified atom stereocenters. The minimum atomic E-state index is 0.677. The molecular weight excluding hydrogens is 308 g/mol. The Balaban J connectivity index is 1.52. The van der Waals surface area contributed by atoms with Gasteiger partial charge in [-0.25, -0.2) is 15.0 Å². The molecule has 1 aliphatic rings. The second-order valence-electron chi connectivity index (χ2n) is 5.84. The van der Waals surface area contributed by atoms with Crippen molar-refractivity contribution in [1.29, 1.82) is 0 Å². The van der Waals surface area contributed by atoms with Gasteiger partial charge in [0, 0.05) is 42.7 Å². The van der Waals surface area contributed by atoms with E-state index >= 15 is 0 Å². The molecule has 0 radical (unpaired) electrons. The van der Waals surface area contributed by atoms with Gasteiger partial charge in [-0.3, -0.25) is 4.90 Å². The number of hydrogen-bond acceptors (Lipinski definition) is 6. The van der Waals surface area contributed by atoms with Crippen LogP contribution >= 0.6 is 11.3 Å². The van der Waals surface area contributed by atoms with Gasteiger partial charge in [-0.1, -0.05) is 0 Å². The van der Waals surface area contributed by atoms with E-state index in [1.165, 1.54) is 10.4 Å². The van der Waals surface area contributed by atoms with Crippen molar-refractivity contribution in [2.75, 3.05) is 6.54 Å². The first-order chi connectivity index (χ1) is 11.2. The van der Waals surface area contributed by atoms with Gasteiger partial charge in [-0.15, -0.1) is 11.3 Å². The lowest BCUT2D eigenvalue weighted by Gasteiger charge is -2.27. The van der Waals surface area contributed by atoms with Crippen LogP contribution in [0.1, 0.15) is 26.8 Å². The Kier molecular flexibility index (Phi) is 3.71. The topological polar surface area (TPSA) is 55.1 Å². The third-order valence-electron chi connectivity index (χ3n) is 4.12. The molecule has 1 aliphatic heterocycles. The number of furan rings is 1. The molecule has 0 aromatic carbocycles. The number of aryl methyl sites for hydroxylation is 2. The number of hydrogen-bond donors (Lipinski definition) is 0. The SMILES string of the molecule is Cc1nc(C)c(CN2CCc3nc(-c4ccco4)ncc3C2)s1. The zero-order chi connectivity index (χ0) is 15.8. The molecule has 5 nitrogen and oxygen atoms in total. The lowest BCUT2D eigenvalue weighted by atomic mass is 10.1. The first-order valence-electron chi connectivity index (χ1n) is 7.73. The summed E-state index contributed by atoms with van der Waals surface area (Å²) in [4.78, 5) is 17.5. The number of nitrogens with zero attached hydrogens (tertiary/aromatic N) is 4. The molecule has 0 bridgehead atoms. The summed E-state index contributed by atoms with van der Waals surface area (Å²) in [5.74, 6) is 1.40. The van der Waals surface area contributed by atoms with Crippen LogP contribution in [0, 0.1) is 13.8 Å². The van der Waals surface area contributed by atoms with Crippen molar-refractivity contribution in [3.8, 4) is 11.6 Å². The van der Waals surface area contributed by atoms with Gasteiger partial charge in [-0.2, -0.15) is 0 Å². The largest absolute Gasteiger partial charge is 0.461 e. The summed E-state index contributed by atoms with van der Waals surface area (Å²) in [7, 11) is 0. The van der Waals surface area contributed by atoms with Gasteiger partial charge in [0.25, 0.3) is 0 Å². The first-order valence-corrected chi connectivity index (χ1v) is 8.54. The van der Waals surface area contributed by atoms with Crippen molar-refractivity contribution in [2.24, 2.45) is 0 Å². The predicted molar refractivity (Wildman–Crippen MR) is 89.1 cm³/mol. The van der Waals surface area contributed by atoms with E-state index in [2.05, 4.69) is 33.7 Å². The molecule has 0 N–H and O–H groups in total. The summed E-state index contributed by atoms with van der Waals surface area (Å²) in [6, 6.07) is 3.75. The monoisotopic (exact) mass is 326 g/mol. The Morgan fingerprint density at radius 3 is 2.96 bits per heavy atom. The normalized spacial score (nSPS) is 14.9. The lowest BCUT2D eigenvalue weighted by Crippen LogP contribution is -2.30. The van der Waals surface area contributed by atoms with Gasteiger partial charge < -0.3 is 4.42 Å². The summed E-state index contributed by atoms with van der Waals surface area (Å²) >= 11 is 1.79. The second kappa shape index (κ2) is 5.86. The molecule has 0 atom stereocenters. The zero-order valence-corrected chi connectivity index (χ0v) is 14.1. The zero-order valence-electron chi connectivity index (χ0n) is 13.2. The van der Waals surface area contributed by atoms with Gasteiger partial charge in [0.1, 0.15) is 0 Å². The first kappa shape index (κ1) is 14.5. The molecule has 0 saturated carbocycles.